The molecule has 2 heteroatoms. The SMILES string of the molecule is CC(C)(C)C(CC=O)c1ccc(Cl)cc1. The number of hydrogen-bond acceptors (Lipinski definition) is 1. The molecule has 0 amide bonds. The zero-order chi connectivity index (χ0) is 11.5. The number of benzene rings is 1. The first kappa shape index (κ1) is 12.3. The Morgan fingerprint density at radius 1 is 1.27 bits per heavy atom. The average molecular weight is 225 g/mol. The van der Waals surface area contributed by atoms with Crippen LogP contribution >= 0.6 is 11.6 Å². The molecule has 0 N–H and O–H groups in total. The van der Waals surface area contributed by atoms with E-state index in [2.05, 4.69) is 20.8 Å². The van der Waals surface area contributed by atoms with E-state index in [9.17, 15) is 4.79 Å². The van der Waals surface area contributed by atoms with Crippen molar-refractivity contribution < 1.29 is 4.79 Å². The number of carbonyl (C=O) groups excluding carboxylic acids is 1. The van der Waals surface area contributed by atoms with Gasteiger partial charge in [0.1, 0.15) is 6.29 Å². The van der Waals surface area contributed by atoms with E-state index in [1.165, 1.54) is 5.56 Å². The Morgan fingerprint density at radius 3 is 2.20 bits per heavy atom. The Balaban J connectivity index is 2.99. The van der Waals surface area contributed by atoms with E-state index in [4.69, 9.17) is 11.6 Å². The highest BCUT2D eigenvalue weighted by atomic mass is 35.5. The molecule has 1 rings (SSSR count). The van der Waals surface area contributed by atoms with E-state index in [1.807, 2.05) is 24.3 Å². The minimum atomic E-state index is 0.0920. The highest BCUT2D eigenvalue weighted by Crippen LogP contribution is 2.37. The highest BCUT2D eigenvalue weighted by molar-refractivity contribution is 6.30. The first-order chi connectivity index (χ1) is 6.95. The lowest BCUT2D eigenvalue weighted by atomic mass is 9.75. The summed E-state index contributed by atoms with van der Waals surface area (Å²) in [6, 6.07) is 7.75. The molecule has 0 fully saturated rings. The first-order valence-corrected chi connectivity index (χ1v) is 5.52. The number of hydrogen-bond donors (Lipinski definition) is 0. The van der Waals surface area contributed by atoms with Crippen molar-refractivity contribution in [1.82, 2.24) is 0 Å². The molecule has 1 atom stereocenters. The molecule has 0 saturated heterocycles. The normalized spacial score (nSPS) is 13.6. The van der Waals surface area contributed by atoms with Crippen molar-refractivity contribution in [3.05, 3.63) is 34.9 Å². The highest BCUT2D eigenvalue weighted by Gasteiger charge is 2.25. The van der Waals surface area contributed by atoms with E-state index < -0.39 is 0 Å². The summed E-state index contributed by atoms with van der Waals surface area (Å²) in [5.41, 5.74) is 1.27. The van der Waals surface area contributed by atoms with Crippen molar-refractivity contribution in [2.45, 2.75) is 33.1 Å². The van der Waals surface area contributed by atoms with Gasteiger partial charge in [0.05, 0.1) is 0 Å². The lowest BCUT2D eigenvalue weighted by Gasteiger charge is -2.29. The van der Waals surface area contributed by atoms with Gasteiger partial charge >= 0.3 is 0 Å². The van der Waals surface area contributed by atoms with Crippen molar-refractivity contribution in [2.75, 3.05) is 0 Å². The third-order valence-corrected chi connectivity index (χ3v) is 2.90. The second-order valence-electron chi connectivity index (χ2n) is 4.87. The molecule has 0 aliphatic rings. The molecule has 0 aliphatic carbocycles. The molecule has 1 nitrogen and oxygen atoms in total. The maximum Gasteiger partial charge on any atom is 0.120 e. The molecule has 82 valence electrons. The first-order valence-electron chi connectivity index (χ1n) is 5.14. The van der Waals surface area contributed by atoms with Gasteiger partial charge in [0.2, 0.25) is 0 Å². The van der Waals surface area contributed by atoms with Crippen LogP contribution < -0.4 is 0 Å². The zero-order valence-corrected chi connectivity index (χ0v) is 10.2. The molecular weight excluding hydrogens is 208 g/mol. The predicted octanol–water partition coefficient (Wildman–Crippen LogP) is 4.06. The van der Waals surface area contributed by atoms with Crippen LogP contribution in [0.1, 0.15) is 38.7 Å². The number of carbonyl (C=O) groups is 1. The number of aldehydes is 1. The van der Waals surface area contributed by atoms with Gasteiger partial charge in [-0.15, -0.1) is 0 Å². The Hall–Kier alpha value is -0.820. The van der Waals surface area contributed by atoms with Crippen LogP contribution in [0, 0.1) is 5.41 Å². The monoisotopic (exact) mass is 224 g/mol. The summed E-state index contributed by atoms with van der Waals surface area (Å²) >= 11 is 5.84. The number of rotatable bonds is 3. The summed E-state index contributed by atoms with van der Waals surface area (Å²) in [5.74, 6) is 0.257. The maximum absolute atomic E-state index is 10.7. The second-order valence-corrected chi connectivity index (χ2v) is 5.31. The van der Waals surface area contributed by atoms with Gasteiger partial charge in [0.25, 0.3) is 0 Å². The molecule has 0 aliphatic heterocycles. The summed E-state index contributed by atoms with van der Waals surface area (Å²) in [6.07, 6.45) is 1.55. The van der Waals surface area contributed by atoms with Crippen molar-refractivity contribution in [3.8, 4) is 0 Å². The van der Waals surface area contributed by atoms with Crippen LogP contribution in [0.5, 0.6) is 0 Å². The van der Waals surface area contributed by atoms with Crippen LogP contribution in [0.25, 0.3) is 0 Å². The fourth-order valence-corrected chi connectivity index (χ4v) is 1.91. The van der Waals surface area contributed by atoms with Crippen LogP contribution in [0.15, 0.2) is 24.3 Å². The Morgan fingerprint density at radius 2 is 1.80 bits per heavy atom. The number of halogens is 1. The molecule has 0 aromatic heterocycles. The smallest absolute Gasteiger partial charge is 0.120 e. The summed E-state index contributed by atoms with van der Waals surface area (Å²) in [4.78, 5) is 10.7. The standard InChI is InChI=1S/C13H17ClO/c1-13(2,3)12(8-9-15)10-4-6-11(14)7-5-10/h4-7,9,12H,8H2,1-3H3. The van der Waals surface area contributed by atoms with Crippen LogP contribution in [-0.4, -0.2) is 6.29 Å². The predicted molar refractivity (Wildman–Crippen MR) is 64.3 cm³/mol. The molecule has 0 heterocycles. The average Bonchev–Trinajstić information content (AvgIpc) is 2.14. The van der Waals surface area contributed by atoms with Crippen LogP contribution in [-0.2, 0) is 4.79 Å². The Bertz CT molecular complexity index is 321. The summed E-state index contributed by atoms with van der Waals surface area (Å²) < 4.78 is 0. The maximum atomic E-state index is 10.7. The molecule has 0 radical (unpaired) electrons. The molecule has 1 unspecified atom stereocenters. The van der Waals surface area contributed by atoms with E-state index in [0.29, 0.717) is 6.42 Å². The van der Waals surface area contributed by atoms with Gasteiger partial charge in [-0.2, -0.15) is 0 Å². The van der Waals surface area contributed by atoms with Gasteiger partial charge in [0.15, 0.2) is 0 Å². The largest absolute Gasteiger partial charge is 0.303 e. The molecule has 0 bridgehead atoms. The summed E-state index contributed by atoms with van der Waals surface area (Å²) in [5, 5.41) is 0.734. The van der Waals surface area contributed by atoms with E-state index in [0.717, 1.165) is 11.3 Å². The van der Waals surface area contributed by atoms with Gasteiger partial charge in [0, 0.05) is 11.4 Å². The molecule has 0 spiro atoms. The Kier molecular flexibility index (Phi) is 3.92. The molecular formula is C13H17ClO. The van der Waals surface area contributed by atoms with Gasteiger partial charge in [-0.25, -0.2) is 0 Å². The zero-order valence-electron chi connectivity index (χ0n) is 9.46. The van der Waals surface area contributed by atoms with Crippen molar-refractivity contribution in [1.29, 1.82) is 0 Å². The van der Waals surface area contributed by atoms with Crippen LogP contribution in [0.3, 0.4) is 0 Å². The quantitative estimate of drug-likeness (QED) is 0.708. The minimum Gasteiger partial charge on any atom is -0.303 e. The fourth-order valence-electron chi connectivity index (χ4n) is 1.78. The van der Waals surface area contributed by atoms with Gasteiger partial charge in [-0.1, -0.05) is 44.5 Å². The molecule has 1 aromatic carbocycles. The van der Waals surface area contributed by atoms with E-state index >= 15 is 0 Å². The van der Waals surface area contributed by atoms with Crippen molar-refractivity contribution in [3.63, 3.8) is 0 Å². The van der Waals surface area contributed by atoms with E-state index in [1.54, 1.807) is 0 Å². The van der Waals surface area contributed by atoms with Crippen molar-refractivity contribution in [2.24, 2.45) is 5.41 Å². The second kappa shape index (κ2) is 4.80. The summed E-state index contributed by atoms with van der Waals surface area (Å²) in [6.45, 7) is 6.45. The third-order valence-electron chi connectivity index (χ3n) is 2.65. The topological polar surface area (TPSA) is 17.1 Å². The molecule has 15 heavy (non-hydrogen) atoms. The van der Waals surface area contributed by atoms with Crippen molar-refractivity contribution >= 4 is 17.9 Å². The van der Waals surface area contributed by atoms with E-state index in [-0.39, 0.29) is 11.3 Å². The third kappa shape index (κ3) is 3.35. The minimum absolute atomic E-state index is 0.0920. The van der Waals surface area contributed by atoms with Gasteiger partial charge < -0.3 is 4.79 Å². The lowest BCUT2D eigenvalue weighted by molar-refractivity contribution is -0.108. The summed E-state index contributed by atoms with van der Waals surface area (Å²) in [7, 11) is 0. The molecule has 0 saturated carbocycles. The van der Waals surface area contributed by atoms with Crippen LogP contribution in [0.4, 0.5) is 0 Å². The van der Waals surface area contributed by atoms with Gasteiger partial charge in [-0.05, 0) is 29.0 Å². The van der Waals surface area contributed by atoms with Gasteiger partial charge in [-0.3, -0.25) is 0 Å². The van der Waals surface area contributed by atoms with Crippen LogP contribution in [0.2, 0.25) is 5.02 Å². The fraction of sp³-hybridized carbons (Fsp3) is 0.462. The lowest BCUT2D eigenvalue weighted by Crippen LogP contribution is -2.18. The molecule has 1 aromatic rings. The Labute approximate surface area is 96.5 Å².